The zero-order valence-corrected chi connectivity index (χ0v) is 18.4. The zero-order valence-electron chi connectivity index (χ0n) is 17.6. The second-order valence-electron chi connectivity index (χ2n) is 7.78. The van der Waals surface area contributed by atoms with Gasteiger partial charge in [0.05, 0.1) is 22.0 Å². The summed E-state index contributed by atoms with van der Waals surface area (Å²) in [5.74, 6) is 0.651. The average molecular weight is 454 g/mol. The maximum atomic E-state index is 13.6. The van der Waals surface area contributed by atoms with Crippen LogP contribution in [0.3, 0.4) is 0 Å². The number of anilines is 3. The second-order valence-corrected chi connectivity index (χ2v) is 8.19. The minimum Gasteiger partial charge on any atom is -0.382 e. The van der Waals surface area contributed by atoms with E-state index < -0.39 is 6.04 Å². The molecule has 166 valence electrons. The number of nitriles is 1. The predicted octanol–water partition coefficient (Wildman–Crippen LogP) is 2.36. The fourth-order valence-electron chi connectivity index (χ4n) is 4.12. The van der Waals surface area contributed by atoms with Crippen molar-refractivity contribution in [3.8, 4) is 6.07 Å². The summed E-state index contributed by atoms with van der Waals surface area (Å²) < 4.78 is 1.73. The van der Waals surface area contributed by atoms with Crippen LogP contribution in [-0.2, 0) is 0 Å². The van der Waals surface area contributed by atoms with E-state index in [1.54, 1.807) is 22.8 Å². The number of nitrogens with one attached hydrogen (secondary N) is 2. The van der Waals surface area contributed by atoms with Crippen molar-refractivity contribution in [3.05, 3.63) is 45.0 Å². The number of nitrogen functional groups attached to an aromatic ring is 2. The summed E-state index contributed by atoms with van der Waals surface area (Å²) in [7, 11) is 0. The fraction of sp³-hybridized carbons (Fsp3) is 0.381. The van der Waals surface area contributed by atoms with Crippen molar-refractivity contribution in [1.29, 1.82) is 5.26 Å². The van der Waals surface area contributed by atoms with Gasteiger partial charge in [-0.25, -0.2) is 4.98 Å². The summed E-state index contributed by atoms with van der Waals surface area (Å²) in [4.78, 5) is 26.4. The van der Waals surface area contributed by atoms with Crippen LogP contribution in [0.5, 0.6) is 0 Å². The third-order valence-electron chi connectivity index (χ3n) is 5.62. The summed E-state index contributed by atoms with van der Waals surface area (Å²) in [5.41, 5.74) is 12.0. The average Bonchev–Trinajstić information content (AvgIpc) is 3.02. The molecule has 0 spiro atoms. The van der Waals surface area contributed by atoms with Crippen molar-refractivity contribution < 1.29 is 0 Å². The normalized spacial score (nSPS) is 17.5. The van der Waals surface area contributed by atoms with E-state index in [9.17, 15) is 10.1 Å². The van der Waals surface area contributed by atoms with Gasteiger partial charge in [-0.3, -0.25) is 9.36 Å². The van der Waals surface area contributed by atoms with Gasteiger partial charge < -0.3 is 22.1 Å². The molecule has 0 bridgehead atoms. The molecule has 10 nitrogen and oxygen atoms in total. The lowest BCUT2D eigenvalue weighted by Gasteiger charge is -2.26. The molecule has 32 heavy (non-hydrogen) atoms. The van der Waals surface area contributed by atoms with Gasteiger partial charge in [-0.05, 0) is 51.4 Å². The van der Waals surface area contributed by atoms with E-state index in [-0.39, 0.29) is 34.7 Å². The topological polar surface area (TPSA) is 161 Å². The van der Waals surface area contributed by atoms with Crippen LogP contribution in [0.25, 0.3) is 10.9 Å². The Morgan fingerprint density at radius 2 is 2.09 bits per heavy atom. The molecule has 6 N–H and O–H groups in total. The first-order valence-electron chi connectivity index (χ1n) is 10.4. The first kappa shape index (κ1) is 21.8. The number of nitrogens with two attached hydrogens (primary N) is 2. The van der Waals surface area contributed by atoms with Crippen LogP contribution in [0.1, 0.15) is 49.7 Å². The summed E-state index contributed by atoms with van der Waals surface area (Å²) in [6, 6.07) is 6.69. The Morgan fingerprint density at radius 1 is 1.28 bits per heavy atom. The Hall–Kier alpha value is -3.42. The first-order valence-corrected chi connectivity index (χ1v) is 10.8. The quantitative estimate of drug-likeness (QED) is 0.464. The molecule has 2 aromatic heterocycles. The fourth-order valence-corrected chi connectivity index (χ4v) is 4.37. The Labute approximate surface area is 189 Å². The molecule has 1 aliphatic heterocycles. The third kappa shape index (κ3) is 4.04. The lowest BCUT2D eigenvalue weighted by molar-refractivity contribution is 0.417. The maximum Gasteiger partial charge on any atom is 0.263 e. The van der Waals surface area contributed by atoms with E-state index in [0.29, 0.717) is 21.7 Å². The molecule has 0 amide bonds. The van der Waals surface area contributed by atoms with Gasteiger partial charge in [-0.2, -0.15) is 15.2 Å². The Balaban J connectivity index is 1.87. The van der Waals surface area contributed by atoms with Crippen LogP contribution in [0.2, 0.25) is 5.02 Å². The zero-order chi connectivity index (χ0) is 22.8. The molecule has 1 unspecified atom stereocenters. The summed E-state index contributed by atoms with van der Waals surface area (Å²) >= 11 is 6.38. The monoisotopic (exact) mass is 453 g/mol. The molecule has 1 aliphatic rings. The SMILES string of the molecule is C[C@H](Nc1nc(N)nc(N)c1C#N)c1nc2cccc(Cl)c2c(=O)n1C1CCCNCC1. The highest BCUT2D eigenvalue weighted by molar-refractivity contribution is 6.35. The number of aromatic nitrogens is 4. The molecule has 0 radical (unpaired) electrons. The standard InChI is InChI=1S/C21H24ClN9O/c1-11(27-18-13(10-23)17(24)29-21(25)30-18)19-28-15-6-2-5-14(22)16(15)20(32)31(19)12-4-3-8-26-9-7-12/h2,5-6,11-12,26H,3-4,7-9H2,1H3,(H5,24,25,27,29,30)/t11-,12?/m0/s1. The van der Waals surface area contributed by atoms with E-state index >= 15 is 0 Å². The van der Waals surface area contributed by atoms with Gasteiger partial charge in [-0.15, -0.1) is 0 Å². The minimum atomic E-state index is -0.483. The van der Waals surface area contributed by atoms with E-state index in [1.807, 2.05) is 13.0 Å². The van der Waals surface area contributed by atoms with Gasteiger partial charge >= 0.3 is 0 Å². The smallest absolute Gasteiger partial charge is 0.263 e. The van der Waals surface area contributed by atoms with Crippen molar-refractivity contribution in [2.45, 2.75) is 38.3 Å². The Kier molecular flexibility index (Phi) is 6.12. The molecule has 2 atom stereocenters. The molecule has 0 aliphatic carbocycles. The lowest BCUT2D eigenvalue weighted by Crippen LogP contribution is -2.32. The molecule has 3 aromatic rings. The molecule has 3 heterocycles. The number of rotatable bonds is 4. The van der Waals surface area contributed by atoms with Gasteiger partial charge in [0.2, 0.25) is 5.95 Å². The minimum absolute atomic E-state index is 0.0137. The second kappa shape index (κ2) is 8.98. The van der Waals surface area contributed by atoms with Gasteiger partial charge in [-0.1, -0.05) is 17.7 Å². The summed E-state index contributed by atoms with van der Waals surface area (Å²) in [6.45, 7) is 3.55. The van der Waals surface area contributed by atoms with Crippen LogP contribution >= 0.6 is 11.6 Å². The molecule has 1 saturated heterocycles. The number of nitrogens with zero attached hydrogens (tertiary/aromatic N) is 5. The molecule has 0 saturated carbocycles. The lowest BCUT2D eigenvalue weighted by atomic mass is 10.1. The Bertz CT molecular complexity index is 1260. The number of halogens is 1. The maximum absolute atomic E-state index is 13.6. The van der Waals surface area contributed by atoms with Crippen molar-refractivity contribution in [3.63, 3.8) is 0 Å². The number of fused-ring (bicyclic) bond motifs is 1. The van der Waals surface area contributed by atoms with Gasteiger partial charge in [0, 0.05) is 6.04 Å². The van der Waals surface area contributed by atoms with Crippen LogP contribution in [0, 0.1) is 11.3 Å². The highest BCUT2D eigenvalue weighted by Crippen LogP contribution is 2.29. The van der Waals surface area contributed by atoms with Gasteiger partial charge in [0.15, 0.2) is 5.82 Å². The van der Waals surface area contributed by atoms with Crippen LogP contribution in [0.15, 0.2) is 23.0 Å². The summed E-state index contributed by atoms with van der Waals surface area (Å²) in [6.07, 6.45) is 2.56. The van der Waals surface area contributed by atoms with Crippen molar-refractivity contribution >= 4 is 40.1 Å². The van der Waals surface area contributed by atoms with Gasteiger partial charge in [0.1, 0.15) is 23.3 Å². The van der Waals surface area contributed by atoms with Crippen molar-refractivity contribution in [2.75, 3.05) is 29.9 Å². The Morgan fingerprint density at radius 3 is 2.88 bits per heavy atom. The number of hydrogen-bond donors (Lipinski definition) is 4. The molecule has 4 rings (SSSR count). The van der Waals surface area contributed by atoms with E-state index in [4.69, 9.17) is 28.1 Å². The third-order valence-corrected chi connectivity index (χ3v) is 5.94. The van der Waals surface area contributed by atoms with Crippen LogP contribution in [0.4, 0.5) is 17.6 Å². The predicted molar refractivity (Wildman–Crippen MR) is 124 cm³/mol. The van der Waals surface area contributed by atoms with E-state index in [0.717, 1.165) is 32.4 Å². The number of benzene rings is 1. The molecular weight excluding hydrogens is 430 g/mol. The highest BCUT2D eigenvalue weighted by Gasteiger charge is 2.25. The molecule has 1 aromatic carbocycles. The first-order chi connectivity index (χ1) is 15.4. The van der Waals surface area contributed by atoms with E-state index in [2.05, 4.69) is 20.6 Å². The number of hydrogen-bond acceptors (Lipinski definition) is 9. The van der Waals surface area contributed by atoms with E-state index in [1.165, 1.54) is 0 Å². The molecule has 11 heteroatoms. The largest absolute Gasteiger partial charge is 0.382 e. The van der Waals surface area contributed by atoms with Gasteiger partial charge in [0.25, 0.3) is 5.56 Å². The van der Waals surface area contributed by atoms with Crippen molar-refractivity contribution in [2.24, 2.45) is 0 Å². The van der Waals surface area contributed by atoms with Crippen molar-refractivity contribution in [1.82, 2.24) is 24.8 Å². The molecule has 1 fully saturated rings. The molecular formula is C21H24ClN9O. The summed E-state index contributed by atoms with van der Waals surface area (Å²) in [5, 5.41) is 16.8. The van der Waals surface area contributed by atoms with Crippen LogP contribution < -0.4 is 27.7 Å². The van der Waals surface area contributed by atoms with Crippen LogP contribution in [-0.4, -0.2) is 32.6 Å². The highest BCUT2D eigenvalue weighted by atomic mass is 35.5.